The fraction of sp³-hybridized carbons (Fsp3) is 0.400. The molecule has 2 heterocycles. The Bertz CT molecular complexity index is 725. The number of hydrogen-bond acceptors (Lipinski definition) is 4. The molecule has 0 bridgehead atoms. The average molecular weight is 309 g/mol. The first-order chi connectivity index (χ1) is 10.1. The number of nitrogens with zero attached hydrogens (tertiary/aromatic N) is 2. The summed E-state index contributed by atoms with van der Waals surface area (Å²) in [6.45, 7) is 4.37. The maximum absolute atomic E-state index is 12.4. The fourth-order valence-electron chi connectivity index (χ4n) is 2.11. The SMILES string of the molecule is CCOC(=O)c1cn(CCCCl)c2nc(C)ccc2c1=O. The van der Waals surface area contributed by atoms with Gasteiger partial charge >= 0.3 is 5.97 Å². The number of aromatic nitrogens is 2. The Balaban J connectivity index is 2.66. The van der Waals surface area contributed by atoms with Crippen LogP contribution in [0.5, 0.6) is 0 Å². The van der Waals surface area contributed by atoms with E-state index in [1.165, 1.54) is 6.20 Å². The quantitative estimate of drug-likeness (QED) is 0.629. The molecule has 0 atom stereocenters. The van der Waals surface area contributed by atoms with Crippen molar-refractivity contribution in [3.8, 4) is 0 Å². The van der Waals surface area contributed by atoms with Crippen LogP contribution in [0.1, 0.15) is 29.4 Å². The molecule has 0 fully saturated rings. The van der Waals surface area contributed by atoms with E-state index in [1.807, 2.05) is 6.92 Å². The van der Waals surface area contributed by atoms with Crippen molar-refractivity contribution in [3.63, 3.8) is 0 Å². The standard InChI is InChI=1S/C15H17ClN2O3/c1-3-21-15(20)12-9-18(8-4-7-16)14-11(13(12)19)6-5-10(2)17-14/h5-6,9H,3-4,7-8H2,1-2H3. The van der Waals surface area contributed by atoms with Gasteiger partial charge in [-0.3, -0.25) is 4.79 Å². The summed E-state index contributed by atoms with van der Waals surface area (Å²) in [7, 11) is 0. The van der Waals surface area contributed by atoms with Gasteiger partial charge in [0, 0.05) is 24.3 Å². The second kappa shape index (κ2) is 6.72. The number of pyridine rings is 2. The number of carbonyl (C=O) groups excluding carboxylic acids is 1. The van der Waals surface area contributed by atoms with Crippen LogP contribution in [0.2, 0.25) is 0 Å². The van der Waals surface area contributed by atoms with E-state index >= 15 is 0 Å². The largest absolute Gasteiger partial charge is 0.462 e. The summed E-state index contributed by atoms with van der Waals surface area (Å²) < 4.78 is 6.73. The zero-order chi connectivity index (χ0) is 15.4. The molecule has 0 spiro atoms. The normalized spacial score (nSPS) is 10.8. The van der Waals surface area contributed by atoms with Crippen LogP contribution < -0.4 is 5.43 Å². The molecule has 2 aromatic heterocycles. The van der Waals surface area contributed by atoms with Gasteiger partial charge in [0.05, 0.1) is 12.0 Å². The molecule has 0 unspecified atom stereocenters. The van der Waals surface area contributed by atoms with Crippen molar-refractivity contribution in [3.05, 3.63) is 39.8 Å². The molecule has 21 heavy (non-hydrogen) atoms. The van der Waals surface area contributed by atoms with Crippen LogP contribution in [-0.4, -0.2) is 28.0 Å². The monoisotopic (exact) mass is 308 g/mol. The predicted octanol–water partition coefficient (Wildman–Crippen LogP) is 2.51. The summed E-state index contributed by atoms with van der Waals surface area (Å²) >= 11 is 5.73. The summed E-state index contributed by atoms with van der Waals surface area (Å²) in [4.78, 5) is 28.7. The fourth-order valence-corrected chi connectivity index (χ4v) is 2.23. The van der Waals surface area contributed by atoms with Crippen LogP contribution in [0.4, 0.5) is 0 Å². The highest BCUT2D eigenvalue weighted by Crippen LogP contribution is 2.12. The molecule has 112 valence electrons. The number of aryl methyl sites for hydroxylation is 2. The lowest BCUT2D eigenvalue weighted by atomic mass is 10.2. The molecule has 0 saturated carbocycles. The molecule has 0 radical (unpaired) electrons. The Morgan fingerprint density at radius 1 is 1.43 bits per heavy atom. The first-order valence-electron chi connectivity index (χ1n) is 6.82. The van der Waals surface area contributed by atoms with Gasteiger partial charge in [0.25, 0.3) is 0 Å². The third kappa shape index (κ3) is 3.24. The number of hydrogen-bond donors (Lipinski definition) is 0. The van der Waals surface area contributed by atoms with Gasteiger partial charge in [0.1, 0.15) is 11.2 Å². The van der Waals surface area contributed by atoms with Gasteiger partial charge in [-0.15, -0.1) is 11.6 Å². The summed E-state index contributed by atoms with van der Waals surface area (Å²) in [5.41, 5.74) is 1.06. The first kappa shape index (κ1) is 15.5. The Hall–Kier alpha value is -1.88. The van der Waals surface area contributed by atoms with Gasteiger partial charge in [0.15, 0.2) is 0 Å². The molecule has 5 nitrogen and oxygen atoms in total. The van der Waals surface area contributed by atoms with Gasteiger partial charge in [-0.1, -0.05) is 0 Å². The van der Waals surface area contributed by atoms with E-state index in [0.717, 1.165) is 12.1 Å². The minimum absolute atomic E-state index is 0.0320. The summed E-state index contributed by atoms with van der Waals surface area (Å²) in [6, 6.07) is 3.45. The number of ether oxygens (including phenoxy) is 1. The van der Waals surface area contributed by atoms with Gasteiger partial charge in [-0.05, 0) is 32.4 Å². The molecule has 0 aliphatic carbocycles. The van der Waals surface area contributed by atoms with Crippen molar-refractivity contribution in [1.82, 2.24) is 9.55 Å². The second-order valence-corrected chi connectivity index (χ2v) is 5.03. The molecular weight excluding hydrogens is 292 g/mol. The zero-order valence-electron chi connectivity index (χ0n) is 12.1. The summed E-state index contributed by atoms with van der Waals surface area (Å²) in [6.07, 6.45) is 2.24. The Morgan fingerprint density at radius 2 is 2.19 bits per heavy atom. The number of carbonyl (C=O) groups is 1. The second-order valence-electron chi connectivity index (χ2n) is 4.65. The highest BCUT2D eigenvalue weighted by Gasteiger charge is 2.17. The molecule has 0 aromatic carbocycles. The summed E-state index contributed by atoms with van der Waals surface area (Å²) in [5.74, 6) is -0.113. The van der Waals surface area contributed by atoms with E-state index in [-0.39, 0.29) is 17.6 Å². The molecule has 0 aliphatic heterocycles. The molecule has 0 N–H and O–H groups in total. The number of esters is 1. The van der Waals surface area contributed by atoms with E-state index in [4.69, 9.17) is 16.3 Å². The molecule has 0 aliphatic rings. The van der Waals surface area contributed by atoms with Crippen molar-refractivity contribution in [2.24, 2.45) is 0 Å². The van der Waals surface area contributed by atoms with Crippen molar-refractivity contribution in [1.29, 1.82) is 0 Å². The van der Waals surface area contributed by atoms with Crippen molar-refractivity contribution in [2.45, 2.75) is 26.8 Å². The number of rotatable bonds is 5. The maximum Gasteiger partial charge on any atom is 0.343 e. The third-order valence-electron chi connectivity index (χ3n) is 3.09. The summed E-state index contributed by atoms with van der Waals surface area (Å²) in [5, 5.41) is 0.417. The van der Waals surface area contributed by atoms with Gasteiger partial charge in [-0.25, -0.2) is 9.78 Å². The lowest BCUT2D eigenvalue weighted by Gasteiger charge is -2.12. The smallest absolute Gasteiger partial charge is 0.343 e. The topological polar surface area (TPSA) is 61.2 Å². The number of halogens is 1. The minimum Gasteiger partial charge on any atom is -0.462 e. The average Bonchev–Trinajstić information content (AvgIpc) is 2.46. The van der Waals surface area contributed by atoms with E-state index < -0.39 is 5.97 Å². The van der Waals surface area contributed by atoms with Crippen LogP contribution in [0.25, 0.3) is 11.0 Å². The van der Waals surface area contributed by atoms with E-state index in [9.17, 15) is 9.59 Å². The van der Waals surface area contributed by atoms with Crippen LogP contribution >= 0.6 is 11.6 Å². The first-order valence-corrected chi connectivity index (χ1v) is 7.35. The van der Waals surface area contributed by atoms with Crippen LogP contribution in [0.15, 0.2) is 23.1 Å². The lowest BCUT2D eigenvalue weighted by molar-refractivity contribution is 0.0524. The molecule has 6 heteroatoms. The van der Waals surface area contributed by atoms with Crippen molar-refractivity contribution < 1.29 is 9.53 Å². The highest BCUT2D eigenvalue weighted by molar-refractivity contribution is 6.17. The number of alkyl halides is 1. The molecule has 2 rings (SSSR count). The van der Waals surface area contributed by atoms with Crippen molar-refractivity contribution in [2.75, 3.05) is 12.5 Å². The van der Waals surface area contributed by atoms with Crippen LogP contribution in [0.3, 0.4) is 0 Å². The zero-order valence-corrected chi connectivity index (χ0v) is 12.8. The van der Waals surface area contributed by atoms with E-state index in [0.29, 0.717) is 23.5 Å². The Labute approximate surface area is 127 Å². The van der Waals surface area contributed by atoms with Gasteiger partial charge in [-0.2, -0.15) is 0 Å². The van der Waals surface area contributed by atoms with Crippen LogP contribution in [-0.2, 0) is 11.3 Å². The highest BCUT2D eigenvalue weighted by atomic mass is 35.5. The van der Waals surface area contributed by atoms with Gasteiger partial charge in [0.2, 0.25) is 5.43 Å². The molecule has 0 saturated heterocycles. The maximum atomic E-state index is 12.4. The molecule has 2 aromatic rings. The van der Waals surface area contributed by atoms with Crippen molar-refractivity contribution >= 4 is 28.6 Å². The molecular formula is C15H17ClN2O3. The third-order valence-corrected chi connectivity index (χ3v) is 3.36. The Kier molecular flexibility index (Phi) is 4.96. The predicted molar refractivity (Wildman–Crippen MR) is 82.0 cm³/mol. The van der Waals surface area contributed by atoms with E-state index in [1.54, 1.807) is 23.6 Å². The molecule has 0 amide bonds. The van der Waals surface area contributed by atoms with Crippen LogP contribution in [0, 0.1) is 6.92 Å². The van der Waals surface area contributed by atoms with E-state index in [2.05, 4.69) is 4.98 Å². The minimum atomic E-state index is -0.607. The number of fused-ring (bicyclic) bond motifs is 1. The lowest BCUT2D eigenvalue weighted by Crippen LogP contribution is -2.21. The Morgan fingerprint density at radius 3 is 2.86 bits per heavy atom. The van der Waals surface area contributed by atoms with Gasteiger partial charge < -0.3 is 9.30 Å².